The summed E-state index contributed by atoms with van der Waals surface area (Å²) in [5.41, 5.74) is 8.54. The van der Waals surface area contributed by atoms with E-state index in [-0.39, 0.29) is 17.1 Å². The zero-order chi connectivity index (χ0) is 48.3. The minimum atomic E-state index is -0.883. The summed E-state index contributed by atoms with van der Waals surface area (Å²) < 4.78 is 14.6. The number of ketones is 2. The van der Waals surface area contributed by atoms with Crippen molar-refractivity contribution in [1.82, 2.24) is 0 Å². The summed E-state index contributed by atoms with van der Waals surface area (Å²) in [7, 11) is 0. The maximum Gasteiger partial charge on any atom is 0.197 e. The Bertz CT molecular complexity index is 2890. The first-order valence-corrected chi connectivity index (χ1v) is 23.9. The fourth-order valence-electron chi connectivity index (χ4n) is 9.58. The van der Waals surface area contributed by atoms with Gasteiger partial charge in [-0.2, -0.15) is 10.2 Å². The van der Waals surface area contributed by atoms with Crippen LogP contribution in [0.3, 0.4) is 0 Å². The number of benzene rings is 9. The number of Topliss-reactive ketones (excluding diaryl/α,β-unsaturated/α-hetero) is 2. The van der Waals surface area contributed by atoms with E-state index in [4.69, 9.17) is 9.47 Å². The van der Waals surface area contributed by atoms with Gasteiger partial charge in [0.15, 0.2) is 11.6 Å². The Labute approximate surface area is 415 Å². The summed E-state index contributed by atoms with van der Waals surface area (Å²) in [6, 6.07) is 85.0. The van der Waals surface area contributed by atoms with Crippen LogP contribution in [0.25, 0.3) is 6.08 Å². The molecule has 0 radical (unpaired) electrons. The minimum Gasteiger partial charge on any atom is -0.367 e. The standard InChI is InChI=1S/C64H51N3O4/c68-61-58-33-19-20-34-59(58)62(69)60(61)47-48-35-37-55(38-36-48)65-66-56-39-41-57(42-40-56)67(43-45-70-63(49-21-7-1-8-22-49,50-23-9-2-10-24-50)51-25-11-3-12-26-51)44-46-71-64(52-27-13-4-14-28-52,53-29-15-5-16-30-53)54-31-17-6-18-32-54/h1-42,47H,43-46H2. The maximum atomic E-state index is 13.0. The molecule has 0 amide bonds. The molecule has 71 heavy (non-hydrogen) atoms. The number of allylic oxidation sites excluding steroid dienone is 1. The van der Waals surface area contributed by atoms with Gasteiger partial charge < -0.3 is 14.4 Å². The number of carbonyl (C=O) groups is 2. The van der Waals surface area contributed by atoms with Crippen LogP contribution in [0.15, 0.2) is 271 Å². The molecule has 0 N–H and O–H groups in total. The van der Waals surface area contributed by atoms with Crippen LogP contribution in [-0.4, -0.2) is 37.9 Å². The molecule has 9 aromatic rings. The average Bonchev–Trinajstić information content (AvgIpc) is 3.68. The Morgan fingerprint density at radius 1 is 0.366 bits per heavy atom. The van der Waals surface area contributed by atoms with Gasteiger partial charge in [-0.1, -0.05) is 218 Å². The van der Waals surface area contributed by atoms with Gasteiger partial charge in [-0.15, -0.1) is 0 Å². The number of rotatable bonds is 18. The van der Waals surface area contributed by atoms with Crippen molar-refractivity contribution in [3.8, 4) is 0 Å². The normalized spacial score (nSPS) is 12.5. The fraction of sp³-hybridized carbons (Fsp3) is 0.0938. The molecular formula is C64H51N3O4. The molecule has 9 aromatic carbocycles. The molecule has 0 atom stereocenters. The summed E-state index contributed by atoms with van der Waals surface area (Å²) in [6.07, 6.45) is 1.64. The van der Waals surface area contributed by atoms with Crippen LogP contribution in [0.2, 0.25) is 0 Å². The van der Waals surface area contributed by atoms with Gasteiger partial charge in [0.2, 0.25) is 0 Å². The highest BCUT2D eigenvalue weighted by Crippen LogP contribution is 2.42. The topological polar surface area (TPSA) is 80.6 Å². The smallest absolute Gasteiger partial charge is 0.197 e. The summed E-state index contributed by atoms with van der Waals surface area (Å²) in [6.45, 7) is 1.84. The van der Waals surface area contributed by atoms with Crippen LogP contribution in [-0.2, 0) is 20.7 Å². The Kier molecular flexibility index (Phi) is 13.9. The molecule has 0 aliphatic heterocycles. The van der Waals surface area contributed by atoms with Gasteiger partial charge in [-0.05, 0) is 81.4 Å². The first-order chi connectivity index (χ1) is 35.0. The van der Waals surface area contributed by atoms with E-state index in [1.54, 1.807) is 30.3 Å². The molecule has 7 heteroatoms. The third kappa shape index (κ3) is 9.70. The molecular weight excluding hydrogens is 875 g/mol. The van der Waals surface area contributed by atoms with Crippen LogP contribution in [0.1, 0.15) is 59.7 Å². The molecule has 1 aliphatic rings. The van der Waals surface area contributed by atoms with Crippen LogP contribution < -0.4 is 4.90 Å². The molecule has 1 aliphatic carbocycles. The van der Waals surface area contributed by atoms with E-state index in [1.165, 1.54) is 0 Å². The molecule has 0 unspecified atom stereocenters. The Morgan fingerprint density at radius 2 is 0.662 bits per heavy atom. The van der Waals surface area contributed by atoms with E-state index in [1.807, 2.05) is 72.8 Å². The third-order valence-electron chi connectivity index (χ3n) is 13.0. The van der Waals surface area contributed by atoms with Gasteiger partial charge in [0.25, 0.3) is 0 Å². The van der Waals surface area contributed by atoms with Crippen molar-refractivity contribution < 1.29 is 19.1 Å². The van der Waals surface area contributed by atoms with E-state index in [0.717, 1.165) is 44.6 Å². The van der Waals surface area contributed by atoms with Crippen molar-refractivity contribution in [3.05, 3.63) is 310 Å². The number of carbonyl (C=O) groups excluding carboxylic acids is 2. The van der Waals surface area contributed by atoms with Gasteiger partial charge in [-0.3, -0.25) is 9.59 Å². The van der Waals surface area contributed by atoms with Crippen LogP contribution in [0, 0.1) is 0 Å². The van der Waals surface area contributed by atoms with E-state index in [0.29, 0.717) is 48.8 Å². The van der Waals surface area contributed by atoms with Gasteiger partial charge in [0.1, 0.15) is 11.2 Å². The maximum absolute atomic E-state index is 13.0. The summed E-state index contributed by atoms with van der Waals surface area (Å²) in [5.74, 6) is -0.508. The summed E-state index contributed by atoms with van der Waals surface area (Å²) in [5, 5.41) is 9.11. The Hall–Kier alpha value is -8.62. The molecule has 0 saturated carbocycles. The molecule has 0 heterocycles. The molecule has 10 rings (SSSR count). The summed E-state index contributed by atoms with van der Waals surface area (Å²) in [4.78, 5) is 28.3. The first-order valence-electron chi connectivity index (χ1n) is 23.9. The lowest BCUT2D eigenvalue weighted by atomic mass is 9.80. The van der Waals surface area contributed by atoms with E-state index < -0.39 is 11.2 Å². The molecule has 0 spiro atoms. The van der Waals surface area contributed by atoms with Crippen molar-refractivity contribution >= 4 is 34.7 Å². The number of hydrogen-bond acceptors (Lipinski definition) is 7. The van der Waals surface area contributed by atoms with Gasteiger partial charge in [-0.25, -0.2) is 0 Å². The number of fused-ring (bicyclic) bond motifs is 1. The van der Waals surface area contributed by atoms with Crippen molar-refractivity contribution in [2.24, 2.45) is 10.2 Å². The summed E-state index contributed by atoms with van der Waals surface area (Å²) >= 11 is 0. The number of anilines is 1. The van der Waals surface area contributed by atoms with Crippen molar-refractivity contribution in [3.63, 3.8) is 0 Å². The van der Waals surface area contributed by atoms with Crippen LogP contribution >= 0.6 is 0 Å². The Balaban J connectivity index is 0.938. The first kappa shape index (κ1) is 46.1. The van der Waals surface area contributed by atoms with Gasteiger partial charge in [0, 0.05) is 29.9 Å². The zero-order valence-electron chi connectivity index (χ0n) is 39.1. The van der Waals surface area contributed by atoms with E-state index >= 15 is 0 Å². The third-order valence-corrected chi connectivity index (χ3v) is 13.0. The lowest BCUT2D eigenvalue weighted by molar-refractivity contribution is 0.00967. The molecule has 7 nitrogen and oxygen atoms in total. The van der Waals surface area contributed by atoms with Crippen LogP contribution in [0.5, 0.6) is 0 Å². The highest BCUT2D eigenvalue weighted by molar-refractivity contribution is 6.41. The molecule has 0 aromatic heterocycles. The highest BCUT2D eigenvalue weighted by atomic mass is 16.5. The number of nitrogens with zero attached hydrogens (tertiary/aromatic N) is 3. The zero-order valence-corrected chi connectivity index (χ0v) is 39.1. The second kappa shape index (κ2) is 21.3. The number of ether oxygens (including phenoxy) is 2. The SMILES string of the molecule is O=C1C(=Cc2ccc(N=Nc3ccc(N(CCOC(c4ccccc4)(c4ccccc4)c4ccccc4)CCOC(c4ccccc4)(c4ccccc4)c4ccccc4)cc3)cc2)C(=O)c2ccccc21. The van der Waals surface area contributed by atoms with Crippen LogP contribution in [0.4, 0.5) is 17.1 Å². The quantitative estimate of drug-likeness (QED) is 0.0371. The second-order valence-corrected chi connectivity index (χ2v) is 17.3. The lowest BCUT2D eigenvalue weighted by Crippen LogP contribution is -2.39. The molecule has 346 valence electrons. The number of azo groups is 1. The van der Waals surface area contributed by atoms with Crippen molar-refractivity contribution in [2.45, 2.75) is 11.2 Å². The van der Waals surface area contributed by atoms with Gasteiger partial charge in [0.05, 0.1) is 30.2 Å². The molecule has 0 saturated heterocycles. The molecule has 0 fully saturated rings. The lowest BCUT2D eigenvalue weighted by Gasteiger charge is -2.38. The molecule has 0 bridgehead atoms. The monoisotopic (exact) mass is 925 g/mol. The largest absolute Gasteiger partial charge is 0.367 e. The average molecular weight is 926 g/mol. The van der Waals surface area contributed by atoms with Gasteiger partial charge >= 0.3 is 0 Å². The number of hydrogen-bond donors (Lipinski definition) is 0. The highest BCUT2D eigenvalue weighted by Gasteiger charge is 2.39. The van der Waals surface area contributed by atoms with Crippen molar-refractivity contribution in [2.75, 3.05) is 31.2 Å². The fourth-order valence-corrected chi connectivity index (χ4v) is 9.58. The van der Waals surface area contributed by atoms with E-state index in [2.05, 4.69) is 173 Å². The van der Waals surface area contributed by atoms with E-state index in [9.17, 15) is 9.59 Å². The Morgan fingerprint density at radius 3 is 0.986 bits per heavy atom. The predicted octanol–water partition coefficient (Wildman–Crippen LogP) is 14.4. The van der Waals surface area contributed by atoms with Crippen molar-refractivity contribution in [1.29, 1.82) is 0 Å². The second-order valence-electron chi connectivity index (χ2n) is 17.3. The predicted molar refractivity (Wildman–Crippen MR) is 283 cm³/mol. The minimum absolute atomic E-state index is 0.165.